The molecule has 1 atom stereocenters. The Kier molecular flexibility index (Phi) is 8.43. The fourth-order valence-electron chi connectivity index (χ4n) is 1.89. The van der Waals surface area contributed by atoms with E-state index >= 15 is 0 Å². The molecule has 1 unspecified atom stereocenters. The summed E-state index contributed by atoms with van der Waals surface area (Å²) in [5, 5.41) is 6.86. The first-order valence-corrected chi connectivity index (χ1v) is 6.63. The normalized spacial score (nSPS) is 11.8. The third kappa shape index (κ3) is 4.84. The molecule has 110 valence electrons. The molecular formula is C13H24ClN3O2. The summed E-state index contributed by atoms with van der Waals surface area (Å²) in [5.74, 6) is 0.735. The summed E-state index contributed by atoms with van der Waals surface area (Å²) in [5.41, 5.74) is 7.67. The third-order valence-corrected chi connectivity index (χ3v) is 2.98. The number of halogens is 1. The zero-order valence-corrected chi connectivity index (χ0v) is 12.7. The number of carbonyl (C=O) groups is 1. The van der Waals surface area contributed by atoms with Crippen LogP contribution in [0.2, 0.25) is 0 Å². The van der Waals surface area contributed by atoms with Gasteiger partial charge in [0.2, 0.25) is 5.91 Å². The van der Waals surface area contributed by atoms with Crippen molar-refractivity contribution >= 4 is 18.3 Å². The zero-order valence-electron chi connectivity index (χ0n) is 11.9. The fourth-order valence-corrected chi connectivity index (χ4v) is 1.89. The summed E-state index contributed by atoms with van der Waals surface area (Å²) >= 11 is 0. The molecule has 1 aromatic rings. The summed E-state index contributed by atoms with van der Waals surface area (Å²) in [6.07, 6.45) is 3.19. The number of hydrogen-bond acceptors (Lipinski definition) is 4. The number of nitrogens with two attached hydrogens (primary N) is 1. The maximum Gasteiger partial charge on any atom is 0.237 e. The van der Waals surface area contributed by atoms with E-state index in [-0.39, 0.29) is 18.3 Å². The quantitative estimate of drug-likeness (QED) is 0.804. The van der Waals surface area contributed by atoms with Crippen LogP contribution in [0.3, 0.4) is 0 Å². The van der Waals surface area contributed by atoms with Crippen LogP contribution in [0, 0.1) is 0 Å². The Morgan fingerprint density at radius 2 is 2.05 bits per heavy atom. The Balaban J connectivity index is 0.00000324. The molecule has 6 heteroatoms. The first kappa shape index (κ1) is 17.9. The van der Waals surface area contributed by atoms with Crippen molar-refractivity contribution in [3.05, 3.63) is 17.0 Å². The maximum absolute atomic E-state index is 11.7. The first-order chi connectivity index (χ1) is 8.63. The lowest BCUT2D eigenvalue weighted by Gasteiger charge is -2.11. The van der Waals surface area contributed by atoms with Gasteiger partial charge in [0, 0.05) is 18.5 Å². The molecule has 0 aromatic carbocycles. The average molecular weight is 290 g/mol. The SMILES string of the molecule is CCCC(N)C(=O)NCc1c(CC)noc1CC.Cl. The van der Waals surface area contributed by atoms with Crippen molar-refractivity contribution in [2.75, 3.05) is 0 Å². The molecule has 3 N–H and O–H groups in total. The van der Waals surface area contributed by atoms with Crippen molar-refractivity contribution < 1.29 is 9.32 Å². The molecule has 5 nitrogen and oxygen atoms in total. The van der Waals surface area contributed by atoms with Crippen molar-refractivity contribution in [3.8, 4) is 0 Å². The zero-order chi connectivity index (χ0) is 13.5. The lowest BCUT2D eigenvalue weighted by Crippen LogP contribution is -2.40. The largest absolute Gasteiger partial charge is 0.361 e. The van der Waals surface area contributed by atoms with Crippen LogP contribution in [0.1, 0.15) is 50.6 Å². The number of aryl methyl sites for hydroxylation is 2. The molecule has 19 heavy (non-hydrogen) atoms. The molecule has 0 bridgehead atoms. The van der Waals surface area contributed by atoms with Gasteiger partial charge in [-0.3, -0.25) is 4.79 Å². The predicted molar refractivity (Wildman–Crippen MR) is 77.2 cm³/mol. The van der Waals surface area contributed by atoms with Gasteiger partial charge in [-0.05, 0) is 12.8 Å². The van der Waals surface area contributed by atoms with Crippen LogP contribution < -0.4 is 11.1 Å². The molecule has 0 aliphatic heterocycles. The lowest BCUT2D eigenvalue weighted by molar-refractivity contribution is -0.122. The Morgan fingerprint density at radius 3 is 2.58 bits per heavy atom. The molecule has 0 aliphatic carbocycles. The predicted octanol–water partition coefficient (Wildman–Crippen LogP) is 1.96. The van der Waals surface area contributed by atoms with E-state index in [0.29, 0.717) is 13.0 Å². The van der Waals surface area contributed by atoms with Gasteiger partial charge in [0.1, 0.15) is 5.76 Å². The van der Waals surface area contributed by atoms with E-state index < -0.39 is 6.04 Å². The van der Waals surface area contributed by atoms with Gasteiger partial charge in [0.25, 0.3) is 0 Å². The fraction of sp³-hybridized carbons (Fsp3) is 0.692. The van der Waals surface area contributed by atoms with Gasteiger partial charge in [-0.15, -0.1) is 12.4 Å². The van der Waals surface area contributed by atoms with Crippen LogP contribution >= 0.6 is 12.4 Å². The van der Waals surface area contributed by atoms with Crippen LogP contribution in [0.4, 0.5) is 0 Å². The number of aromatic nitrogens is 1. The number of carbonyl (C=O) groups excluding carboxylic acids is 1. The van der Waals surface area contributed by atoms with Crippen molar-refractivity contribution in [1.29, 1.82) is 0 Å². The highest BCUT2D eigenvalue weighted by Gasteiger charge is 2.16. The molecule has 0 aliphatic rings. The van der Waals surface area contributed by atoms with Crippen molar-refractivity contribution in [2.45, 2.75) is 59.0 Å². The minimum atomic E-state index is -0.426. The second-order valence-electron chi connectivity index (χ2n) is 4.35. The summed E-state index contributed by atoms with van der Waals surface area (Å²) in [4.78, 5) is 11.7. The van der Waals surface area contributed by atoms with Gasteiger partial charge >= 0.3 is 0 Å². The number of amides is 1. The molecule has 0 saturated heterocycles. The van der Waals surface area contributed by atoms with Crippen LogP contribution in [0.5, 0.6) is 0 Å². The highest BCUT2D eigenvalue weighted by Crippen LogP contribution is 2.15. The van der Waals surface area contributed by atoms with Crippen LogP contribution in [0.25, 0.3) is 0 Å². The highest BCUT2D eigenvalue weighted by molar-refractivity contribution is 5.85. The third-order valence-electron chi connectivity index (χ3n) is 2.98. The van der Waals surface area contributed by atoms with E-state index in [9.17, 15) is 4.79 Å². The average Bonchev–Trinajstić information content (AvgIpc) is 2.78. The minimum Gasteiger partial charge on any atom is -0.361 e. The Bertz CT molecular complexity index is 372. The number of nitrogens with zero attached hydrogens (tertiary/aromatic N) is 1. The molecule has 1 heterocycles. The topological polar surface area (TPSA) is 81.2 Å². The van der Waals surface area contributed by atoms with E-state index in [4.69, 9.17) is 10.3 Å². The van der Waals surface area contributed by atoms with Gasteiger partial charge in [-0.1, -0.05) is 32.3 Å². The Hall–Kier alpha value is -1.07. The van der Waals surface area contributed by atoms with Crippen molar-refractivity contribution in [1.82, 2.24) is 10.5 Å². The minimum absolute atomic E-state index is 0. The molecule has 0 fully saturated rings. The van der Waals surface area contributed by atoms with E-state index in [2.05, 4.69) is 10.5 Å². The molecule has 0 radical (unpaired) electrons. The van der Waals surface area contributed by atoms with Gasteiger partial charge in [-0.25, -0.2) is 0 Å². The maximum atomic E-state index is 11.7. The molecule has 0 spiro atoms. The standard InChI is InChI=1S/C13H23N3O2.ClH/c1-4-7-10(14)13(17)15-8-9-11(5-2)16-18-12(9)6-3;/h10H,4-8,14H2,1-3H3,(H,15,17);1H. The molecule has 0 saturated carbocycles. The van der Waals surface area contributed by atoms with Gasteiger partial charge < -0.3 is 15.6 Å². The Morgan fingerprint density at radius 1 is 1.37 bits per heavy atom. The summed E-state index contributed by atoms with van der Waals surface area (Å²) < 4.78 is 5.24. The Labute approximate surface area is 120 Å². The molecular weight excluding hydrogens is 266 g/mol. The molecule has 1 aromatic heterocycles. The van der Waals surface area contributed by atoms with E-state index in [1.165, 1.54) is 0 Å². The second-order valence-corrected chi connectivity index (χ2v) is 4.35. The summed E-state index contributed by atoms with van der Waals surface area (Å²) in [6, 6.07) is -0.426. The van der Waals surface area contributed by atoms with Crippen molar-refractivity contribution in [2.24, 2.45) is 5.73 Å². The molecule has 1 rings (SSSR count). The smallest absolute Gasteiger partial charge is 0.237 e. The summed E-state index contributed by atoms with van der Waals surface area (Å²) in [6.45, 7) is 6.49. The number of rotatable bonds is 7. The van der Waals surface area contributed by atoms with Crippen LogP contribution in [-0.2, 0) is 24.2 Å². The monoisotopic (exact) mass is 289 g/mol. The van der Waals surface area contributed by atoms with E-state index in [0.717, 1.165) is 36.3 Å². The van der Waals surface area contributed by atoms with Crippen LogP contribution in [-0.4, -0.2) is 17.1 Å². The van der Waals surface area contributed by atoms with E-state index in [1.807, 2.05) is 20.8 Å². The van der Waals surface area contributed by atoms with Crippen LogP contribution in [0.15, 0.2) is 4.52 Å². The van der Waals surface area contributed by atoms with Gasteiger partial charge in [0.15, 0.2) is 0 Å². The first-order valence-electron chi connectivity index (χ1n) is 6.63. The van der Waals surface area contributed by atoms with Crippen molar-refractivity contribution in [3.63, 3.8) is 0 Å². The molecule has 1 amide bonds. The van der Waals surface area contributed by atoms with Gasteiger partial charge in [0.05, 0.1) is 11.7 Å². The number of nitrogens with one attached hydrogen (secondary N) is 1. The highest BCUT2D eigenvalue weighted by atomic mass is 35.5. The lowest BCUT2D eigenvalue weighted by atomic mass is 10.1. The van der Waals surface area contributed by atoms with E-state index in [1.54, 1.807) is 0 Å². The summed E-state index contributed by atoms with van der Waals surface area (Å²) in [7, 11) is 0. The second kappa shape index (κ2) is 8.93. The number of hydrogen-bond donors (Lipinski definition) is 2. The van der Waals surface area contributed by atoms with Gasteiger partial charge in [-0.2, -0.15) is 0 Å².